The molecule has 0 atom stereocenters. The Kier molecular flexibility index (Phi) is 3.99. The molecule has 8 nitrogen and oxygen atoms in total. The van der Waals surface area contributed by atoms with Gasteiger partial charge in [0.25, 0.3) is 0 Å². The lowest BCUT2D eigenvalue weighted by Gasteiger charge is -2.30. The van der Waals surface area contributed by atoms with Gasteiger partial charge in [-0.3, -0.25) is 8.98 Å². The molecule has 0 N–H and O–H groups in total. The number of carbonyl (C=O) groups is 1. The summed E-state index contributed by atoms with van der Waals surface area (Å²) >= 11 is 0. The van der Waals surface area contributed by atoms with Crippen LogP contribution in [0.25, 0.3) is 0 Å². The molecule has 3 rings (SSSR count). The van der Waals surface area contributed by atoms with E-state index in [9.17, 15) is 13.2 Å². The Morgan fingerprint density at radius 3 is 2.78 bits per heavy atom. The lowest BCUT2D eigenvalue weighted by atomic mass is 10.0. The fourth-order valence-corrected chi connectivity index (χ4v) is 3.43. The standard InChI is InChI=1S/C14H17N3O5S/c1-16-14(18)6-4-11(15-16)10-3-5-13-12(9-10)17(7-8-22-13)23(19,20)21-2/h3,5,9H,4,6-8H2,1-2H3. The zero-order valence-corrected chi connectivity index (χ0v) is 13.7. The van der Waals surface area contributed by atoms with Gasteiger partial charge in [-0.25, -0.2) is 9.31 Å². The summed E-state index contributed by atoms with van der Waals surface area (Å²) in [5.41, 5.74) is 1.90. The second-order valence-corrected chi connectivity index (χ2v) is 6.82. The van der Waals surface area contributed by atoms with E-state index in [0.717, 1.165) is 18.4 Å². The van der Waals surface area contributed by atoms with Gasteiger partial charge in [0.05, 0.1) is 25.1 Å². The fraction of sp³-hybridized carbons (Fsp3) is 0.429. The summed E-state index contributed by atoms with van der Waals surface area (Å²) in [6, 6.07) is 5.22. The minimum absolute atomic E-state index is 0.0429. The van der Waals surface area contributed by atoms with Gasteiger partial charge in [0.15, 0.2) is 0 Å². The first-order valence-corrected chi connectivity index (χ1v) is 8.48. The maximum Gasteiger partial charge on any atom is 0.362 e. The summed E-state index contributed by atoms with van der Waals surface area (Å²) in [6.07, 6.45) is 0.892. The first-order valence-electron chi connectivity index (χ1n) is 7.12. The molecule has 0 aliphatic carbocycles. The third-order valence-electron chi connectivity index (χ3n) is 3.80. The Hall–Kier alpha value is -2.13. The topological polar surface area (TPSA) is 88.5 Å². The minimum Gasteiger partial charge on any atom is -0.489 e. The molecule has 0 aromatic heterocycles. The maximum atomic E-state index is 12.1. The number of amides is 1. The predicted molar refractivity (Wildman–Crippen MR) is 83.8 cm³/mol. The zero-order valence-electron chi connectivity index (χ0n) is 12.9. The predicted octanol–water partition coefficient (Wildman–Crippen LogP) is 0.733. The SMILES string of the molecule is COS(=O)(=O)N1CCOc2ccc(C3=NN(C)C(=O)CC3)cc21. The lowest BCUT2D eigenvalue weighted by molar-refractivity contribution is -0.130. The van der Waals surface area contributed by atoms with Crippen molar-refractivity contribution in [3.8, 4) is 5.75 Å². The number of benzene rings is 1. The van der Waals surface area contributed by atoms with Gasteiger partial charge in [0, 0.05) is 25.5 Å². The number of rotatable bonds is 3. The summed E-state index contributed by atoms with van der Waals surface area (Å²) in [7, 11) is -1.13. The quantitative estimate of drug-likeness (QED) is 0.810. The second-order valence-electron chi connectivity index (χ2n) is 5.19. The van der Waals surface area contributed by atoms with E-state index in [0.29, 0.717) is 24.3 Å². The highest BCUT2D eigenvalue weighted by Gasteiger charge is 2.29. The maximum absolute atomic E-state index is 12.1. The molecule has 2 aliphatic rings. The molecule has 124 valence electrons. The molecule has 23 heavy (non-hydrogen) atoms. The molecule has 2 heterocycles. The van der Waals surface area contributed by atoms with Crippen LogP contribution >= 0.6 is 0 Å². The van der Waals surface area contributed by atoms with Gasteiger partial charge in [-0.1, -0.05) is 0 Å². The van der Waals surface area contributed by atoms with Crippen LogP contribution in [0.5, 0.6) is 5.75 Å². The summed E-state index contributed by atoms with van der Waals surface area (Å²) in [4.78, 5) is 11.5. The molecule has 0 saturated carbocycles. The molecule has 9 heteroatoms. The molecule has 0 unspecified atom stereocenters. The molecule has 1 aromatic carbocycles. The average Bonchev–Trinajstić information content (AvgIpc) is 2.56. The highest BCUT2D eigenvalue weighted by atomic mass is 32.2. The molecule has 2 aliphatic heterocycles. The van der Waals surface area contributed by atoms with E-state index in [1.54, 1.807) is 19.2 Å². The largest absolute Gasteiger partial charge is 0.489 e. The van der Waals surface area contributed by atoms with Gasteiger partial charge in [0.2, 0.25) is 5.91 Å². The Labute approximate surface area is 134 Å². The molecule has 0 fully saturated rings. The van der Waals surface area contributed by atoms with E-state index in [2.05, 4.69) is 9.28 Å². The van der Waals surface area contributed by atoms with Crippen molar-refractivity contribution in [3.05, 3.63) is 23.8 Å². The van der Waals surface area contributed by atoms with Crippen LogP contribution in [0.2, 0.25) is 0 Å². The number of fused-ring (bicyclic) bond motifs is 1. The minimum atomic E-state index is -3.85. The van der Waals surface area contributed by atoms with Crippen molar-refractivity contribution in [3.63, 3.8) is 0 Å². The monoisotopic (exact) mass is 339 g/mol. The van der Waals surface area contributed by atoms with Crippen LogP contribution in [-0.4, -0.2) is 52.4 Å². The summed E-state index contributed by atoms with van der Waals surface area (Å²) < 4.78 is 35.4. The molecular formula is C14H17N3O5S. The number of hydrazone groups is 1. The summed E-state index contributed by atoms with van der Waals surface area (Å²) in [5, 5.41) is 5.55. The number of nitrogens with zero attached hydrogens (tertiary/aromatic N) is 3. The van der Waals surface area contributed by atoms with Crippen molar-refractivity contribution in [1.29, 1.82) is 0 Å². The zero-order chi connectivity index (χ0) is 16.6. The normalized spacial score (nSPS) is 18.3. The molecular weight excluding hydrogens is 322 g/mol. The number of hydrogen-bond acceptors (Lipinski definition) is 6. The molecule has 1 amide bonds. The van der Waals surface area contributed by atoms with Gasteiger partial charge < -0.3 is 4.74 Å². The van der Waals surface area contributed by atoms with Gasteiger partial charge in [-0.05, 0) is 18.2 Å². The van der Waals surface area contributed by atoms with Crippen molar-refractivity contribution >= 4 is 27.6 Å². The van der Waals surface area contributed by atoms with Crippen LogP contribution in [0.3, 0.4) is 0 Å². The third kappa shape index (κ3) is 2.89. The van der Waals surface area contributed by atoms with E-state index in [-0.39, 0.29) is 19.1 Å². The van der Waals surface area contributed by atoms with Gasteiger partial charge in [-0.15, -0.1) is 0 Å². The van der Waals surface area contributed by atoms with E-state index < -0.39 is 10.3 Å². The summed E-state index contributed by atoms with van der Waals surface area (Å²) in [5.74, 6) is 0.431. The van der Waals surface area contributed by atoms with Crippen LogP contribution in [0.4, 0.5) is 5.69 Å². The Bertz CT molecular complexity index is 775. The van der Waals surface area contributed by atoms with Crippen molar-refractivity contribution < 1.29 is 22.1 Å². The average molecular weight is 339 g/mol. The van der Waals surface area contributed by atoms with Crippen molar-refractivity contribution in [2.24, 2.45) is 5.10 Å². The van der Waals surface area contributed by atoms with Gasteiger partial charge in [-0.2, -0.15) is 13.5 Å². The highest BCUT2D eigenvalue weighted by Crippen LogP contribution is 2.35. The van der Waals surface area contributed by atoms with E-state index in [1.165, 1.54) is 9.31 Å². The molecule has 0 saturated heterocycles. The van der Waals surface area contributed by atoms with Crippen molar-refractivity contribution in [1.82, 2.24) is 5.01 Å². The lowest BCUT2D eigenvalue weighted by Crippen LogP contribution is -2.38. The molecule has 0 spiro atoms. The Balaban J connectivity index is 2.03. The fourth-order valence-electron chi connectivity index (χ4n) is 2.57. The third-order valence-corrected chi connectivity index (χ3v) is 5.14. The number of ether oxygens (including phenoxy) is 1. The molecule has 1 aromatic rings. The number of carbonyl (C=O) groups excluding carboxylic acids is 1. The smallest absolute Gasteiger partial charge is 0.362 e. The molecule has 0 radical (unpaired) electrons. The van der Waals surface area contributed by atoms with Crippen LogP contribution in [0, 0.1) is 0 Å². The van der Waals surface area contributed by atoms with Crippen molar-refractivity contribution in [2.75, 3.05) is 31.6 Å². The van der Waals surface area contributed by atoms with E-state index in [1.807, 2.05) is 6.07 Å². The second kappa shape index (κ2) is 5.82. The van der Waals surface area contributed by atoms with E-state index in [4.69, 9.17) is 4.74 Å². The van der Waals surface area contributed by atoms with Gasteiger partial charge >= 0.3 is 10.3 Å². The van der Waals surface area contributed by atoms with Crippen LogP contribution in [-0.2, 0) is 19.3 Å². The van der Waals surface area contributed by atoms with Gasteiger partial charge in [0.1, 0.15) is 12.4 Å². The van der Waals surface area contributed by atoms with Crippen LogP contribution < -0.4 is 9.04 Å². The Morgan fingerprint density at radius 2 is 2.09 bits per heavy atom. The number of anilines is 1. The first kappa shape index (κ1) is 15.8. The Morgan fingerprint density at radius 1 is 1.30 bits per heavy atom. The highest BCUT2D eigenvalue weighted by molar-refractivity contribution is 7.88. The summed E-state index contributed by atoms with van der Waals surface area (Å²) in [6.45, 7) is 0.435. The first-order chi connectivity index (χ1) is 10.9. The van der Waals surface area contributed by atoms with Crippen LogP contribution in [0.1, 0.15) is 18.4 Å². The van der Waals surface area contributed by atoms with E-state index >= 15 is 0 Å². The van der Waals surface area contributed by atoms with Crippen molar-refractivity contribution in [2.45, 2.75) is 12.8 Å². The number of hydrogen-bond donors (Lipinski definition) is 0. The molecule has 0 bridgehead atoms. The van der Waals surface area contributed by atoms with Crippen LogP contribution in [0.15, 0.2) is 23.3 Å².